The van der Waals surface area contributed by atoms with Crippen LogP contribution in [0, 0.1) is 17.0 Å². The van der Waals surface area contributed by atoms with Crippen molar-refractivity contribution in [3.8, 4) is 5.69 Å². The topological polar surface area (TPSA) is 78.0 Å². The summed E-state index contributed by atoms with van der Waals surface area (Å²) in [6.07, 6.45) is 0. The first-order valence-corrected chi connectivity index (χ1v) is 7.32. The molecule has 0 saturated heterocycles. The van der Waals surface area contributed by atoms with Crippen LogP contribution in [-0.2, 0) is 6.67 Å². The number of hydrogen-bond donors (Lipinski definition) is 0. The fraction of sp³-hybridized carbons (Fsp3) is 0.125. The second-order valence-electron chi connectivity index (χ2n) is 5.19. The van der Waals surface area contributed by atoms with E-state index in [1.807, 2.05) is 0 Å². The Bertz CT molecular complexity index is 1030. The Kier molecular flexibility index (Phi) is 4.02. The molecule has 122 valence electrons. The maximum absolute atomic E-state index is 13.5. The molecule has 0 aliphatic rings. The van der Waals surface area contributed by atoms with Gasteiger partial charge in [0, 0.05) is 17.2 Å². The van der Waals surface area contributed by atoms with Gasteiger partial charge >= 0.3 is 0 Å². The SMILES string of the molecule is Cc1ccc(Cl)cc1-n1c(CF)nc2ccc([N+](=O)[O-])cc2c1=O. The number of non-ortho nitro benzene ring substituents is 1. The Hall–Kier alpha value is -2.80. The average molecular weight is 348 g/mol. The summed E-state index contributed by atoms with van der Waals surface area (Å²) in [6, 6.07) is 8.59. The quantitative estimate of drug-likeness (QED) is 0.534. The van der Waals surface area contributed by atoms with E-state index in [0.717, 1.165) is 10.6 Å². The molecule has 24 heavy (non-hydrogen) atoms. The monoisotopic (exact) mass is 347 g/mol. The van der Waals surface area contributed by atoms with Crippen LogP contribution in [0.25, 0.3) is 16.6 Å². The summed E-state index contributed by atoms with van der Waals surface area (Å²) in [4.78, 5) is 27.3. The van der Waals surface area contributed by atoms with Gasteiger partial charge in [-0.15, -0.1) is 0 Å². The van der Waals surface area contributed by atoms with Gasteiger partial charge < -0.3 is 0 Å². The molecule has 0 saturated carbocycles. The summed E-state index contributed by atoms with van der Waals surface area (Å²) >= 11 is 5.98. The van der Waals surface area contributed by atoms with E-state index >= 15 is 0 Å². The summed E-state index contributed by atoms with van der Waals surface area (Å²) in [7, 11) is 0. The molecule has 0 N–H and O–H groups in total. The number of nitro benzene ring substituents is 1. The van der Waals surface area contributed by atoms with Gasteiger partial charge in [-0.05, 0) is 30.7 Å². The Morgan fingerprint density at radius 3 is 2.71 bits per heavy atom. The summed E-state index contributed by atoms with van der Waals surface area (Å²) in [5.41, 5.74) is 0.475. The highest BCUT2D eigenvalue weighted by molar-refractivity contribution is 6.30. The molecule has 3 aromatic rings. The van der Waals surface area contributed by atoms with Crippen molar-refractivity contribution in [2.24, 2.45) is 0 Å². The number of rotatable bonds is 3. The molecule has 0 spiro atoms. The van der Waals surface area contributed by atoms with Crippen molar-refractivity contribution in [3.63, 3.8) is 0 Å². The predicted octanol–water partition coefficient (Wildman–Crippen LogP) is 3.73. The molecule has 0 unspecified atom stereocenters. The number of aromatic nitrogens is 2. The molecule has 0 amide bonds. The molecule has 1 heterocycles. The lowest BCUT2D eigenvalue weighted by Gasteiger charge is -2.14. The maximum atomic E-state index is 13.5. The Morgan fingerprint density at radius 2 is 2.04 bits per heavy atom. The smallest absolute Gasteiger partial charge is 0.268 e. The van der Waals surface area contributed by atoms with Gasteiger partial charge in [-0.3, -0.25) is 19.5 Å². The highest BCUT2D eigenvalue weighted by atomic mass is 35.5. The van der Waals surface area contributed by atoms with E-state index in [4.69, 9.17) is 11.6 Å². The second kappa shape index (κ2) is 6.01. The van der Waals surface area contributed by atoms with Gasteiger partial charge in [-0.25, -0.2) is 9.37 Å². The van der Waals surface area contributed by atoms with Crippen LogP contribution in [0.4, 0.5) is 10.1 Å². The third-order valence-electron chi connectivity index (χ3n) is 3.66. The molecule has 3 rings (SSSR count). The zero-order valence-corrected chi connectivity index (χ0v) is 13.2. The number of alkyl halides is 1. The van der Waals surface area contributed by atoms with Crippen LogP contribution < -0.4 is 5.56 Å². The lowest BCUT2D eigenvalue weighted by molar-refractivity contribution is -0.384. The normalized spacial score (nSPS) is 11.0. The number of hydrogen-bond acceptors (Lipinski definition) is 4. The molecule has 0 fully saturated rings. The van der Waals surface area contributed by atoms with Crippen molar-refractivity contribution in [1.29, 1.82) is 0 Å². The lowest BCUT2D eigenvalue weighted by atomic mass is 10.1. The zero-order valence-electron chi connectivity index (χ0n) is 12.5. The second-order valence-corrected chi connectivity index (χ2v) is 5.63. The van der Waals surface area contributed by atoms with E-state index in [0.29, 0.717) is 16.3 Å². The Morgan fingerprint density at radius 1 is 1.29 bits per heavy atom. The minimum Gasteiger partial charge on any atom is -0.268 e. The molecule has 8 heteroatoms. The number of nitro groups is 1. The van der Waals surface area contributed by atoms with Crippen LogP contribution in [-0.4, -0.2) is 14.5 Å². The first-order chi connectivity index (χ1) is 11.4. The maximum Gasteiger partial charge on any atom is 0.270 e. The molecule has 0 aliphatic carbocycles. The van der Waals surface area contributed by atoms with Gasteiger partial charge in [-0.1, -0.05) is 17.7 Å². The minimum absolute atomic E-state index is 0.0424. The van der Waals surface area contributed by atoms with Gasteiger partial charge in [0.15, 0.2) is 0 Å². The van der Waals surface area contributed by atoms with Crippen molar-refractivity contribution in [3.05, 3.63) is 73.3 Å². The van der Waals surface area contributed by atoms with Crippen LogP contribution in [0.3, 0.4) is 0 Å². The third-order valence-corrected chi connectivity index (χ3v) is 3.90. The number of halogens is 2. The van der Waals surface area contributed by atoms with E-state index in [1.54, 1.807) is 19.1 Å². The molecular weight excluding hydrogens is 337 g/mol. The molecule has 1 aromatic heterocycles. The number of benzene rings is 2. The number of fused-ring (bicyclic) bond motifs is 1. The van der Waals surface area contributed by atoms with E-state index in [9.17, 15) is 19.3 Å². The minimum atomic E-state index is -0.964. The average Bonchev–Trinajstić information content (AvgIpc) is 2.56. The summed E-state index contributed by atoms with van der Waals surface area (Å²) in [5.74, 6) is -0.0910. The molecule has 0 bridgehead atoms. The van der Waals surface area contributed by atoms with Crippen molar-refractivity contribution < 1.29 is 9.31 Å². The molecule has 0 atom stereocenters. The summed E-state index contributed by atoms with van der Waals surface area (Å²) < 4.78 is 14.6. The largest absolute Gasteiger partial charge is 0.270 e. The van der Waals surface area contributed by atoms with Gasteiger partial charge in [0.05, 0.1) is 21.5 Å². The lowest BCUT2D eigenvalue weighted by Crippen LogP contribution is -2.24. The van der Waals surface area contributed by atoms with Crippen LogP contribution >= 0.6 is 11.6 Å². The van der Waals surface area contributed by atoms with Crippen LogP contribution in [0.15, 0.2) is 41.2 Å². The summed E-state index contributed by atoms with van der Waals surface area (Å²) in [6.45, 7) is 0.784. The number of nitrogens with zero attached hydrogens (tertiary/aromatic N) is 3. The first-order valence-electron chi connectivity index (χ1n) is 6.95. The van der Waals surface area contributed by atoms with Crippen molar-refractivity contribution in [2.75, 3.05) is 0 Å². The first kappa shape index (κ1) is 16.1. The molecule has 0 aliphatic heterocycles. The fourth-order valence-electron chi connectivity index (χ4n) is 2.49. The van der Waals surface area contributed by atoms with Crippen LogP contribution in [0.2, 0.25) is 5.02 Å². The fourth-order valence-corrected chi connectivity index (χ4v) is 2.66. The summed E-state index contributed by atoms with van der Waals surface area (Å²) in [5, 5.41) is 11.4. The molecular formula is C16H11ClFN3O3. The van der Waals surface area contributed by atoms with Gasteiger partial charge in [0.1, 0.15) is 12.5 Å². The van der Waals surface area contributed by atoms with Crippen molar-refractivity contribution >= 4 is 28.2 Å². The van der Waals surface area contributed by atoms with Crippen molar-refractivity contribution in [2.45, 2.75) is 13.6 Å². The number of aryl methyl sites for hydroxylation is 1. The van der Waals surface area contributed by atoms with Crippen LogP contribution in [0.1, 0.15) is 11.4 Å². The van der Waals surface area contributed by atoms with E-state index in [2.05, 4.69) is 4.98 Å². The third kappa shape index (κ3) is 2.63. The Labute approximate surface area is 140 Å². The molecule has 6 nitrogen and oxygen atoms in total. The zero-order chi connectivity index (χ0) is 17.4. The van der Waals surface area contributed by atoms with E-state index in [-0.39, 0.29) is 22.4 Å². The van der Waals surface area contributed by atoms with Crippen molar-refractivity contribution in [1.82, 2.24) is 9.55 Å². The van der Waals surface area contributed by atoms with Crippen LogP contribution in [0.5, 0.6) is 0 Å². The molecule has 2 aromatic carbocycles. The van der Waals surface area contributed by atoms with Gasteiger partial charge in [0.25, 0.3) is 11.2 Å². The van der Waals surface area contributed by atoms with E-state index < -0.39 is 17.2 Å². The predicted molar refractivity (Wildman–Crippen MR) is 88.6 cm³/mol. The van der Waals surface area contributed by atoms with Gasteiger partial charge in [0.2, 0.25) is 0 Å². The standard InChI is InChI=1S/C16H11ClFN3O3/c1-9-2-3-10(17)6-14(9)20-15(8-18)19-13-5-4-11(21(23)24)7-12(13)16(20)22/h2-7H,8H2,1H3. The highest BCUT2D eigenvalue weighted by Gasteiger charge is 2.17. The highest BCUT2D eigenvalue weighted by Crippen LogP contribution is 2.22. The van der Waals surface area contributed by atoms with Gasteiger partial charge in [-0.2, -0.15) is 0 Å². The molecule has 0 radical (unpaired) electrons. The van der Waals surface area contributed by atoms with E-state index in [1.165, 1.54) is 18.2 Å². The Balaban J connectivity index is 2.42.